The molecule has 2 aliphatic rings. The first-order valence-corrected chi connectivity index (χ1v) is 10.3. The maximum Gasteiger partial charge on any atom is 0.238 e. The fourth-order valence-corrected chi connectivity index (χ4v) is 4.78. The quantitative estimate of drug-likeness (QED) is 0.785. The van der Waals surface area contributed by atoms with Gasteiger partial charge in [0.2, 0.25) is 11.8 Å². The molecule has 0 radical (unpaired) electrons. The molecule has 1 atom stereocenters. The first-order valence-electron chi connectivity index (χ1n) is 10.3. The Hall–Kier alpha value is -2.66. The molecule has 0 spiro atoms. The van der Waals surface area contributed by atoms with Crippen LogP contribution in [0.1, 0.15) is 30.4 Å². The van der Waals surface area contributed by atoms with Crippen LogP contribution in [0.3, 0.4) is 0 Å². The molecule has 2 aliphatic heterocycles. The fraction of sp³-hybridized carbons (Fsp3) is 0.417. The number of likely N-dealkylation sites (N-methyl/N-ethyl adjacent to an activating group) is 1. The van der Waals surface area contributed by atoms with Crippen LogP contribution in [0.4, 0.5) is 5.69 Å². The Morgan fingerprint density at radius 3 is 2.41 bits per heavy atom. The van der Waals surface area contributed by atoms with Gasteiger partial charge in [0.1, 0.15) is 0 Å². The lowest BCUT2D eigenvalue weighted by atomic mass is 9.73. The number of amides is 2. The largest absolute Gasteiger partial charge is 0.381 e. The zero-order valence-electron chi connectivity index (χ0n) is 17.1. The van der Waals surface area contributed by atoms with Crippen molar-refractivity contribution in [2.75, 3.05) is 32.1 Å². The number of para-hydroxylation sites is 1. The summed E-state index contributed by atoms with van der Waals surface area (Å²) >= 11 is 0. The molecule has 5 nitrogen and oxygen atoms in total. The van der Waals surface area contributed by atoms with E-state index in [2.05, 4.69) is 0 Å². The van der Waals surface area contributed by atoms with Gasteiger partial charge in [0, 0.05) is 39.4 Å². The van der Waals surface area contributed by atoms with Crippen LogP contribution in [-0.2, 0) is 26.2 Å². The smallest absolute Gasteiger partial charge is 0.238 e. The summed E-state index contributed by atoms with van der Waals surface area (Å²) in [4.78, 5) is 30.5. The lowest BCUT2D eigenvalue weighted by Gasteiger charge is -2.35. The number of hydrogen-bond donors (Lipinski definition) is 0. The van der Waals surface area contributed by atoms with Crippen molar-refractivity contribution >= 4 is 17.5 Å². The van der Waals surface area contributed by atoms with Crippen LogP contribution in [-0.4, -0.2) is 50.1 Å². The number of rotatable bonds is 5. The molecular formula is C24H28N2O3. The van der Waals surface area contributed by atoms with Gasteiger partial charge >= 0.3 is 0 Å². The van der Waals surface area contributed by atoms with Gasteiger partial charge in [0.05, 0.1) is 11.5 Å². The van der Waals surface area contributed by atoms with E-state index in [4.69, 9.17) is 4.74 Å². The van der Waals surface area contributed by atoms with Gasteiger partial charge in [-0.15, -0.1) is 0 Å². The average Bonchev–Trinajstić information content (AvgIpc) is 2.97. The number of carbonyl (C=O) groups excluding carboxylic acids is 2. The molecule has 2 aromatic rings. The maximum absolute atomic E-state index is 13.5. The van der Waals surface area contributed by atoms with Crippen LogP contribution in [0.25, 0.3) is 0 Å². The van der Waals surface area contributed by atoms with E-state index in [0.29, 0.717) is 19.5 Å². The van der Waals surface area contributed by atoms with E-state index in [-0.39, 0.29) is 24.3 Å². The van der Waals surface area contributed by atoms with E-state index < -0.39 is 5.41 Å². The molecule has 0 aromatic heterocycles. The number of nitrogens with zero attached hydrogens (tertiary/aromatic N) is 2. The van der Waals surface area contributed by atoms with Crippen molar-refractivity contribution in [3.63, 3.8) is 0 Å². The highest BCUT2D eigenvalue weighted by Gasteiger charge is 2.51. The van der Waals surface area contributed by atoms with Crippen molar-refractivity contribution < 1.29 is 14.3 Å². The minimum atomic E-state index is -0.859. The van der Waals surface area contributed by atoms with Crippen LogP contribution in [0.2, 0.25) is 0 Å². The number of methoxy groups -OCH3 is 1. The number of likely N-dealkylation sites (tertiary alicyclic amines) is 1. The Kier molecular flexibility index (Phi) is 5.41. The molecule has 1 fully saturated rings. The van der Waals surface area contributed by atoms with Crippen LogP contribution in [0.15, 0.2) is 54.6 Å². The Morgan fingerprint density at radius 1 is 1.07 bits per heavy atom. The van der Waals surface area contributed by atoms with E-state index in [0.717, 1.165) is 29.7 Å². The third-order valence-corrected chi connectivity index (χ3v) is 6.42. The third kappa shape index (κ3) is 3.55. The Balaban J connectivity index is 1.67. The maximum atomic E-state index is 13.5. The van der Waals surface area contributed by atoms with Gasteiger partial charge in [-0.25, -0.2) is 0 Å². The van der Waals surface area contributed by atoms with Gasteiger partial charge in [0.15, 0.2) is 0 Å². The fourth-order valence-electron chi connectivity index (χ4n) is 4.78. The highest BCUT2D eigenvalue weighted by molar-refractivity contribution is 6.09. The van der Waals surface area contributed by atoms with Crippen molar-refractivity contribution in [1.82, 2.24) is 4.90 Å². The zero-order valence-corrected chi connectivity index (χ0v) is 17.1. The molecule has 4 rings (SSSR count). The summed E-state index contributed by atoms with van der Waals surface area (Å²) in [6.45, 7) is 1.37. The van der Waals surface area contributed by atoms with Gasteiger partial charge < -0.3 is 14.5 Å². The summed E-state index contributed by atoms with van der Waals surface area (Å²) in [5.74, 6) is 0.0524. The summed E-state index contributed by atoms with van der Waals surface area (Å²) in [6, 6.07) is 17.9. The van der Waals surface area contributed by atoms with Crippen molar-refractivity contribution in [1.29, 1.82) is 0 Å². The van der Waals surface area contributed by atoms with E-state index in [1.165, 1.54) is 0 Å². The monoisotopic (exact) mass is 392 g/mol. The summed E-state index contributed by atoms with van der Waals surface area (Å²) in [6.07, 6.45) is 2.63. The molecule has 0 unspecified atom stereocenters. The van der Waals surface area contributed by atoms with Crippen LogP contribution in [0.5, 0.6) is 0 Å². The van der Waals surface area contributed by atoms with Gasteiger partial charge in [-0.1, -0.05) is 48.5 Å². The van der Waals surface area contributed by atoms with E-state index in [9.17, 15) is 9.59 Å². The first-order chi connectivity index (χ1) is 14.0. The van der Waals surface area contributed by atoms with Gasteiger partial charge in [-0.2, -0.15) is 0 Å². The number of carbonyl (C=O) groups is 2. The van der Waals surface area contributed by atoms with Crippen molar-refractivity contribution in [2.24, 2.45) is 0 Å². The zero-order chi connectivity index (χ0) is 20.4. The van der Waals surface area contributed by atoms with Crippen molar-refractivity contribution in [3.05, 3.63) is 65.7 Å². The average molecular weight is 392 g/mol. The third-order valence-electron chi connectivity index (χ3n) is 6.42. The van der Waals surface area contributed by atoms with Crippen LogP contribution < -0.4 is 4.90 Å². The van der Waals surface area contributed by atoms with E-state index >= 15 is 0 Å². The molecule has 0 saturated carbocycles. The molecule has 152 valence electrons. The molecular weight excluding hydrogens is 364 g/mol. The topological polar surface area (TPSA) is 49.9 Å². The Morgan fingerprint density at radius 2 is 1.72 bits per heavy atom. The first kappa shape index (κ1) is 19.6. The molecule has 2 aromatic carbocycles. The molecule has 2 amide bonds. The number of hydrogen-bond acceptors (Lipinski definition) is 3. The van der Waals surface area contributed by atoms with Crippen molar-refractivity contribution in [2.45, 2.75) is 37.2 Å². The second kappa shape index (κ2) is 7.99. The molecule has 1 saturated heterocycles. The Labute approximate surface area is 172 Å². The SMILES string of the molecule is COC1CCN(C(=O)C[C@@]2(Cc3ccccc3)C(=O)N(C)c3ccccc32)CC1. The summed E-state index contributed by atoms with van der Waals surface area (Å²) < 4.78 is 5.43. The second-order valence-electron chi connectivity index (χ2n) is 8.12. The summed E-state index contributed by atoms with van der Waals surface area (Å²) in [5, 5.41) is 0. The summed E-state index contributed by atoms with van der Waals surface area (Å²) in [5.41, 5.74) is 2.06. The molecule has 0 aliphatic carbocycles. The van der Waals surface area contributed by atoms with Crippen LogP contribution >= 0.6 is 0 Å². The van der Waals surface area contributed by atoms with Crippen molar-refractivity contribution in [3.8, 4) is 0 Å². The normalized spacial score (nSPS) is 22.1. The van der Waals surface area contributed by atoms with Crippen LogP contribution in [0, 0.1) is 0 Å². The number of piperidine rings is 1. The minimum Gasteiger partial charge on any atom is -0.381 e. The number of fused-ring (bicyclic) bond motifs is 1. The minimum absolute atomic E-state index is 0.00248. The standard InChI is InChI=1S/C24H28N2O3/c1-25-21-11-7-6-10-20(21)24(23(25)28,16-18-8-4-3-5-9-18)17-22(27)26-14-12-19(29-2)13-15-26/h3-11,19H,12-17H2,1-2H3/t24-/m1/s1. The van der Waals surface area contributed by atoms with Gasteiger partial charge in [-0.3, -0.25) is 9.59 Å². The molecule has 29 heavy (non-hydrogen) atoms. The number of benzene rings is 2. The number of anilines is 1. The predicted octanol–water partition coefficient (Wildman–Crippen LogP) is 3.17. The lowest BCUT2D eigenvalue weighted by molar-refractivity contribution is -0.138. The van der Waals surface area contributed by atoms with Gasteiger partial charge in [0.25, 0.3) is 0 Å². The van der Waals surface area contributed by atoms with E-state index in [1.54, 1.807) is 12.0 Å². The number of ether oxygens (including phenoxy) is 1. The highest BCUT2D eigenvalue weighted by atomic mass is 16.5. The molecule has 5 heteroatoms. The predicted molar refractivity (Wildman–Crippen MR) is 113 cm³/mol. The molecule has 0 N–H and O–H groups in total. The molecule has 2 heterocycles. The summed E-state index contributed by atoms with van der Waals surface area (Å²) in [7, 11) is 3.53. The highest BCUT2D eigenvalue weighted by Crippen LogP contribution is 2.45. The van der Waals surface area contributed by atoms with E-state index in [1.807, 2.05) is 66.5 Å². The molecule has 0 bridgehead atoms. The lowest BCUT2D eigenvalue weighted by Crippen LogP contribution is -2.47. The second-order valence-corrected chi connectivity index (χ2v) is 8.12. The van der Waals surface area contributed by atoms with Gasteiger partial charge in [-0.05, 0) is 36.5 Å². The Bertz CT molecular complexity index is 890.